The summed E-state index contributed by atoms with van der Waals surface area (Å²) in [6.07, 6.45) is 0.0540. The SMILES string of the molecule is COC1CC(C(=O)O)N(c2ccc(Br)cc2[N+](=O)[O-])C1. The fourth-order valence-corrected chi connectivity index (χ4v) is 2.70. The van der Waals surface area contributed by atoms with E-state index in [-0.39, 0.29) is 11.8 Å². The number of halogens is 1. The second-order valence-corrected chi connectivity index (χ2v) is 5.41. The Morgan fingerprint density at radius 3 is 2.85 bits per heavy atom. The molecule has 0 spiro atoms. The van der Waals surface area contributed by atoms with Gasteiger partial charge >= 0.3 is 5.97 Å². The van der Waals surface area contributed by atoms with Crippen molar-refractivity contribution in [1.82, 2.24) is 0 Å². The number of carboxylic acid groups (broad SMARTS) is 1. The van der Waals surface area contributed by atoms with Crippen LogP contribution in [0.3, 0.4) is 0 Å². The van der Waals surface area contributed by atoms with E-state index in [0.717, 1.165) is 0 Å². The highest BCUT2D eigenvalue weighted by molar-refractivity contribution is 9.10. The number of nitro groups is 1. The summed E-state index contributed by atoms with van der Waals surface area (Å²) in [4.78, 5) is 23.5. The topological polar surface area (TPSA) is 92.9 Å². The maximum absolute atomic E-state index is 11.3. The van der Waals surface area contributed by atoms with Gasteiger partial charge in [0.05, 0.1) is 11.0 Å². The number of carboxylic acids is 1. The van der Waals surface area contributed by atoms with Crippen molar-refractivity contribution in [3.8, 4) is 0 Å². The van der Waals surface area contributed by atoms with E-state index in [9.17, 15) is 20.0 Å². The molecule has 8 heteroatoms. The largest absolute Gasteiger partial charge is 0.480 e. The van der Waals surface area contributed by atoms with Crippen molar-refractivity contribution in [1.29, 1.82) is 0 Å². The highest BCUT2D eigenvalue weighted by Gasteiger charge is 2.39. The summed E-state index contributed by atoms with van der Waals surface area (Å²) in [7, 11) is 1.50. The number of rotatable bonds is 4. The van der Waals surface area contributed by atoms with Gasteiger partial charge in [0.2, 0.25) is 0 Å². The maximum atomic E-state index is 11.3. The average Bonchev–Trinajstić information content (AvgIpc) is 2.82. The number of nitrogens with zero attached hydrogens (tertiary/aromatic N) is 2. The number of benzene rings is 1. The maximum Gasteiger partial charge on any atom is 0.326 e. The van der Waals surface area contributed by atoms with E-state index in [2.05, 4.69) is 15.9 Å². The Bertz CT molecular complexity index is 551. The van der Waals surface area contributed by atoms with Gasteiger partial charge in [-0.25, -0.2) is 4.79 Å². The minimum absolute atomic E-state index is 0.123. The fourth-order valence-electron chi connectivity index (χ4n) is 2.35. The number of aliphatic carboxylic acids is 1. The van der Waals surface area contributed by atoms with Crippen LogP contribution in [0.25, 0.3) is 0 Å². The molecule has 108 valence electrons. The van der Waals surface area contributed by atoms with E-state index in [0.29, 0.717) is 23.1 Å². The first-order chi connectivity index (χ1) is 9.43. The number of anilines is 1. The third-order valence-electron chi connectivity index (χ3n) is 3.32. The van der Waals surface area contributed by atoms with Gasteiger partial charge in [-0.1, -0.05) is 15.9 Å². The second-order valence-electron chi connectivity index (χ2n) is 4.49. The lowest BCUT2D eigenvalue weighted by molar-refractivity contribution is -0.384. The molecule has 2 unspecified atom stereocenters. The lowest BCUT2D eigenvalue weighted by Crippen LogP contribution is -2.36. The standard InChI is InChI=1S/C12H13BrN2O5/c1-20-8-5-11(12(16)17)14(6-8)9-3-2-7(13)4-10(9)15(18)19/h2-4,8,11H,5-6H2,1H3,(H,16,17). The Balaban J connectivity index is 2.43. The number of hydrogen-bond acceptors (Lipinski definition) is 5. The third kappa shape index (κ3) is 2.75. The summed E-state index contributed by atoms with van der Waals surface area (Å²) in [6.45, 7) is 0.315. The van der Waals surface area contributed by atoms with Gasteiger partial charge in [0.15, 0.2) is 0 Å². The van der Waals surface area contributed by atoms with Crippen molar-refractivity contribution >= 4 is 33.3 Å². The summed E-state index contributed by atoms with van der Waals surface area (Å²) in [6, 6.07) is 3.76. The van der Waals surface area contributed by atoms with E-state index < -0.39 is 16.9 Å². The van der Waals surface area contributed by atoms with Crippen LogP contribution in [-0.2, 0) is 9.53 Å². The number of ether oxygens (including phenoxy) is 1. The molecule has 0 saturated carbocycles. The van der Waals surface area contributed by atoms with Crippen LogP contribution in [0.15, 0.2) is 22.7 Å². The quantitative estimate of drug-likeness (QED) is 0.663. The monoisotopic (exact) mass is 344 g/mol. The number of nitro benzene ring substituents is 1. The Labute approximate surface area is 123 Å². The molecule has 0 aromatic heterocycles. The van der Waals surface area contributed by atoms with Gasteiger partial charge in [-0.15, -0.1) is 0 Å². The molecular formula is C12H13BrN2O5. The van der Waals surface area contributed by atoms with Crippen LogP contribution in [0.4, 0.5) is 11.4 Å². The molecule has 1 heterocycles. The van der Waals surface area contributed by atoms with Crippen LogP contribution in [0.5, 0.6) is 0 Å². The first-order valence-corrected chi connectivity index (χ1v) is 6.69. The molecule has 0 radical (unpaired) electrons. The van der Waals surface area contributed by atoms with E-state index in [1.807, 2.05) is 0 Å². The lowest BCUT2D eigenvalue weighted by atomic mass is 10.2. The summed E-state index contributed by atoms with van der Waals surface area (Å²) >= 11 is 3.18. The van der Waals surface area contributed by atoms with Crippen LogP contribution in [0.2, 0.25) is 0 Å². The summed E-state index contributed by atoms with van der Waals surface area (Å²) in [5, 5.41) is 20.4. The average molecular weight is 345 g/mol. The second kappa shape index (κ2) is 5.76. The zero-order valence-corrected chi connectivity index (χ0v) is 12.2. The van der Waals surface area contributed by atoms with E-state index in [1.165, 1.54) is 18.1 Å². The van der Waals surface area contributed by atoms with E-state index >= 15 is 0 Å². The van der Waals surface area contributed by atoms with Crippen LogP contribution in [-0.4, -0.2) is 41.8 Å². The molecule has 0 aliphatic carbocycles. The molecule has 1 aromatic carbocycles. The zero-order chi connectivity index (χ0) is 14.9. The normalized spacial score (nSPS) is 22.0. The van der Waals surface area contributed by atoms with Crippen molar-refractivity contribution < 1.29 is 19.6 Å². The minimum Gasteiger partial charge on any atom is -0.480 e. The van der Waals surface area contributed by atoms with Crippen LogP contribution in [0.1, 0.15) is 6.42 Å². The lowest BCUT2D eigenvalue weighted by Gasteiger charge is -2.23. The van der Waals surface area contributed by atoms with E-state index in [1.54, 1.807) is 12.1 Å². The van der Waals surface area contributed by atoms with Crippen molar-refractivity contribution in [3.05, 3.63) is 32.8 Å². The van der Waals surface area contributed by atoms with Gasteiger partial charge < -0.3 is 14.7 Å². The predicted octanol–water partition coefficient (Wildman–Crippen LogP) is 2.04. The van der Waals surface area contributed by atoms with Crippen molar-refractivity contribution in [2.24, 2.45) is 0 Å². The fraction of sp³-hybridized carbons (Fsp3) is 0.417. The molecule has 1 aliphatic rings. The Kier molecular flexibility index (Phi) is 4.24. The summed E-state index contributed by atoms with van der Waals surface area (Å²) in [5.74, 6) is -1.01. The Hall–Kier alpha value is -1.67. The minimum atomic E-state index is -1.01. The highest BCUT2D eigenvalue weighted by Crippen LogP contribution is 2.36. The molecular weight excluding hydrogens is 332 g/mol. The number of hydrogen-bond donors (Lipinski definition) is 1. The predicted molar refractivity (Wildman–Crippen MR) is 75.0 cm³/mol. The Morgan fingerprint density at radius 2 is 2.30 bits per heavy atom. The van der Waals surface area contributed by atoms with Gasteiger partial charge in [-0.3, -0.25) is 10.1 Å². The smallest absolute Gasteiger partial charge is 0.326 e. The van der Waals surface area contributed by atoms with Crippen LogP contribution >= 0.6 is 15.9 Å². The van der Waals surface area contributed by atoms with Crippen molar-refractivity contribution in [2.45, 2.75) is 18.6 Å². The molecule has 7 nitrogen and oxygen atoms in total. The molecule has 0 amide bonds. The Morgan fingerprint density at radius 1 is 1.60 bits per heavy atom. The molecule has 1 aromatic rings. The van der Waals surface area contributed by atoms with Gasteiger partial charge in [0, 0.05) is 30.6 Å². The highest BCUT2D eigenvalue weighted by atomic mass is 79.9. The van der Waals surface area contributed by atoms with Crippen LogP contribution < -0.4 is 4.90 Å². The van der Waals surface area contributed by atoms with Crippen molar-refractivity contribution in [3.63, 3.8) is 0 Å². The van der Waals surface area contributed by atoms with Gasteiger partial charge in [-0.05, 0) is 12.1 Å². The molecule has 2 rings (SSSR count). The molecule has 0 bridgehead atoms. The molecule has 1 aliphatic heterocycles. The summed E-state index contributed by atoms with van der Waals surface area (Å²) < 4.78 is 5.75. The molecule has 1 saturated heterocycles. The van der Waals surface area contributed by atoms with Gasteiger partial charge in [0.1, 0.15) is 11.7 Å². The van der Waals surface area contributed by atoms with Gasteiger partial charge in [-0.2, -0.15) is 0 Å². The molecule has 20 heavy (non-hydrogen) atoms. The van der Waals surface area contributed by atoms with Crippen molar-refractivity contribution in [2.75, 3.05) is 18.6 Å². The van der Waals surface area contributed by atoms with Crippen LogP contribution in [0, 0.1) is 10.1 Å². The molecule has 1 fully saturated rings. The first kappa shape index (κ1) is 14.7. The number of carbonyl (C=O) groups is 1. The molecule has 1 N–H and O–H groups in total. The zero-order valence-electron chi connectivity index (χ0n) is 10.7. The van der Waals surface area contributed by atoms with E-state index in [4.69, 9.17) is 4.74 Å². The number of methoxy groups -OCH3 is 1. The molecule has 2 atom stereocenters. The van der Waals surface area contributed by atoms with Gasteiger partial charge in [0.25, 0.3) is 5.69 Å². The first-order valence-electron chi connectivity index (χ1n) is 5.90. The summed E-state index contributed by atoms with van der Waals surface area (Å²) in [5.41, 5.74) is 0.174. The third-order valence-corrected chi connectivity index (χ3v) is 3.82.